The van der Waals surface area contributed by atoms with E-state index in [4.69, 9.17) is 20.1 Å². The molecule has 0 saturated heterocycles. The van der Waals surface area contributed by atoms with Crippen molar-refractivity contribution in [2.45, 2.75) is 12.7 Å². The molecule has 2 heterocycles. The van der Waals surface area contributed by atoms with Gasteiger partial charge in [0.2, 0.25) is 0 Å². The quantitative estimate of drug-likeness (QED) is 0.745. The molecule has 0 aliphatic carbocycles. The Bertz CT molecular complexity index is 826. The molecule has 5 nitrogen and oxygen atoms in total. The van der Waals surface area contributed by atoms with Crippen molar-refractivity contribution in [3.8, 4) is 11.3 Å². The molecule has 0 spiro atoms. The molecule has 0 unspecified atom stereocenters. The van der Waals surface area contributed by atoms with Crippen LogP contribution in [0.2, 0.25) is 0 Å². The van der Waals surface area contributed by atoms with Crippen LogP contribution in [0.3, 0.4) is 0 Å². The van der Waals surface area contributed by atoms with E-state index >= 15 is 0 Å². The molecule has 2 aromatic heterocycles. The van der Waals surface area contributed by atoms with E-state index in [0.717, 1.165) is 27.8 Å². The highest BCUT2D eigenvalue weighted by Crippen LogP contribution is 2.27. The largest absolute Gasteiger partial charge is 0.490 e. The van der Waals surface area contributed by atoms with Crippen LogP contribution in [0.1, 0.15) is 5.56 Å². The van der Waals surface area contributed by atoms with Gasteiger partial charge in [0.1, 0.15) is 5.58 Å². The van der Waals surface area contributed by atoms with E-state index in [9.17, 15) is 13.2 Å². The number of carboxylic acids is 1. The maximum atomic E-state index is 10.6. The van der Waals surface area contributed by atoms with Crippen LogP contribution in [0.25, 0.3) is 22.2 Å². The Balaban J connectivity index is 0.000000256. The lowest BCUT2D eigenvalue weighted by Crippen LogP contribution is -2.21. The van der Waals surface area contributed by atoms with Crippen LogP contribution in [0, 0.1) is 0 Å². The number of halogens is 3. The second-order valence-electron chi connectivity index (χ2n) is 4.70. The first-order chi connectivity index (χ1) is 11.3. The lowest BCUT2D eigenvalue weighted by molar-refractivity contribution is -0.192. The number of nitrogens with zero attached hydrogens (tertiary/aromatic N) is 1. The molecule has 0 aliphatic rings. The van der Waals surface area contributed by atoms with Crippen LogP contribution in [0.5, 0.6) is 0 Å². The SMILES string of the molecule is NCc1ccc(-c2cccc3ccoc23)nc1.O=C(O)C(F)(F)F. The number of fused-ring (bicyclic) bond motifs is 1. The van der Waals surface area contributed by atoms with Gasteiger partial charge in [-0.05, 0) is 23.8 Å². The van der Waals surface area contributed by atoms with E-state index in [-0.39, 0.29) is 0 Å². The topological polar surface area (TPSA) is 89.4 Å². The van der Waals surface area contributed by atoms with E-state index < -0.39 is 12.1 Å². The predicted octanol–water partition coefficient (Wildman–Crippen LogP) is 3.59. The Morgan fingerprint density at radius 2 is 1.92 bits per heavy atom. The Morgan fingerprint density at radius 1 is 1.21 bits per heavy atom. The van der Waals surface area contributed by atoms with Crippen molar-refractivity contribution >= 4 is 16.9 Å². The number of hydrogen-bond acceptors (Lipinski definition) is 4. The average molecular weight is 338 g/mol. The van der Waals surface area contributed by atoms with Crippen molar-refractivity contribution in [1.29, 1.82) is 0 Å². The number of carbonyl (C=O) groups is 1. The third-order valence-electron chi connectivity index (χ3n) is 3.06. The van der Waals surface area contributed by atoms with Crippen LogP contribution in [0.15, 0.2) is 53.3 Å². The van der Waals surface area contributed by atoms with Crippen LogP contribution in [-0.2, 0) is 11.3 Å². The molecule has 3 aromatic rings. The minimum atomic E-state index is -5.08. The van der Waals surface area contributed by atoms with Gasteiger partial charge < -0.3 is 15.3 Å². The minimum absolute atomic E-state index is 0.512. The number of furan rings is 1. The number of aliphatic carboxylic acids is 1. The summed E-state index contributed by atoms with van der Waals surface area (Å²) < 4.78 is 37.2. The average Bonchev–Trinajstić information content (AvgIpc) is 3.03. The molecule has 0 fully saturated rings. The van der Waals surface area contributed by atoms with Gasteiger partial charge in [0.25, 0.3) is 0 Å². The number of alkyl halides is 3. The number of hydrogen-bond donors (Lipinski definition) is 2. The maximum absolute atomic E-state index is 10.6. The molecule has 24 heavy (non-hydrogen) atoms. The molecule has 8 heteroatoms. The van der Waals surface area contributed by atoms with Crippen molar-refractivity contribution in [1.82, 2.24) is 4.98 Å². The second-order valence-corrected chi connectivity index (χ2v) is 4.70. The fourth-order valence-electron chi connectivity index (χ4n) is 1.90. The number of carboxylic acid groups (broad SMARTS) is 1. The lowest BCUT2D eigenvalue weighted by Gasteiger charge is -2.02. The third kappa shape index (κ3) is 4.11. The van der Waals surface area contributed by atoms with Gasteiger partial charge in [0.15, 0.2) is 0 Å². The Morgan fingerprint density at radius 3 is 2.46 bits per heavy atom. The predicted molar refractivity (Wildman–Crippen MR) is 81.0 cm³/mol. The summed E-state index contributed by atoms with van der Waals surface area (Å²) in [5.74, 6) is -2.76. The summed E-state index contributed by atoms with van der Waals surface area (Å²) in [6.07, 6.45) is -1.58. The van der Waals surface area contributed by atoms with Gasteiger partial charge in [-0.3, -0.25) is 4.98 Å². The Kier molecular flexibility index (Phi) is 5.20. The maximum Gasteiger partial charge on any atom is 0.490 e. The molecule has 3 N–H and O–H groups in total. The van der Waals surface area contributed by atoms with E-state index in [2.05, 4.69) is 4.98 Å². The smallest absolute Gasteiger partial charge is 0.475 e. The number of para-hydroxylation sites is 1. The lowest BCUT2D eigenvalue weighted by atomic mass is 10.1. The molecule has 126 valence electrons. The van der Waals surface area contributed by atoms with Crippen molar-refractivity contribution in [3.63, 3.8) is 0 Å². The fourth-order valence-corrected chi connectivity index (χ4v) is 1.90. The van der Waals surface area contributed by atoms with Gasteiger partial charge in [-0.1, -0.05) is 18.2 Å². The highest BCUT2D eigenvalue weighted by atomic mass is 19.4. The standard InChI is InChI=1S/C14H12N2O.C2HF3O2/c15-8-10-4-5-13(16-9-10)12-3-1-2-11-6-7-17-14(11)12;3-2(4,5)1(6)7/h1-7,9H,8,15H2;(H,6,7). The van der Waals surface area contributed by atoms with Crippen LogP contribution in [-0.4, -0.2) is 22.2 Å². The van der Waals surface area contributed by atoms with Crippen LogP contribution in [0.4, 0.5) is 13.2 Å². The van der Waals surface area contributed by atoms with Gasteiger partial charge in [0.05, 0.1) is 12.0 Å². The molecular weight excluding hydrogens is 325 g/mol. The molecule has 3 rings (SSSR count). The zero-order valence-corrected chi connectivity index (χ0v) is 12.2. The van der Waals surface area contributed by atoms with Crippen molar-refractivity contribution < 1.29 is 27.5 Å². The zero-order chi connectivity index (χ0) is 17.7. The van der Waals surface area contributed by atoms with Crippen molar-refractivity contribution in [2.75, 3.05) is 0 Å². The van der Waals surface area contributed by atoms with Crippen molar-refractivity contribution in [2.24, 2.45) is 5.73 Å². The zero-order valence-electron chi connectivity index (χ0n) is 12.2. The summed E-state index contributed by atoms with van der Waals surface area (Å²) in [6.45, 7) is 0.512. The molecule has 0 saturated carbocycles. The van der Waals surface area contributed by atoms with Gasteiger partial charge in [-0.25, -0.2) is 4.79 Å². The minimum Gasteiger partial charge on any atom is -0.475 e. The monoisotopic (exact) mass is 338 g/mol. The molecular formula is C16H13F3N2O3. The van der Waals surface area contributed by atoms with Gasteiger partial charge in [0, 0.05) is 23.7 Å². The summed E-state index contributed by atoms with van der Waals surface area (Å²) >= 11 is 0. The normalized spacial score (nSPS) is 11.0. The van der Waals surface area contributed by atoms with Gasteiger partial charge in [-0.2, -0.15) is 13.2 Å². The number of pyridine rings is 1. The highest BCUT2D eigenvalue weighted by molar-refractivity contribution is 5.91. The summed E-state index contributed by atoms with van der Waals surface area (Å²) in [5, 5.41) is 8.22. The number of aromatic nitrogens is 1. The van der Waals surface area contributed by atoms with E-state index in [1.165, 1.54) is 0 Å². The van der Waals surface area contributed by atoms with E-state index in [1.54, 1.807) is 12.5 Å². The number of rotatable bonds is 2. The second kappa shape index (κ2) is 7.14. The summed E-state index contributed by atoms with van der Waals surface area (Å²) in [5.41, 5.74) is 9.37. The Hall–Kier alpha value is -2.87. The molecule has 0 amide bonds. The van der Waals surface area contributed by atoms with Gasteiger partial charge >= 0.3 is 12.1 Å². The third-order valence-corrected chi connectivity index (χ3v) is 3.06. The van der Waals surface area contributed by atoms with Crippen LogP contribution < -0.4 is 5.73 Å². The Labute approximate surface area is 134 Å². The fraction of sp³-hybridized carbons (Fsp3) is 0.125. The molecule has 0 aliphatic heterocycles. The molecule has 0 atom stereocenters. The first-order valence-corrected chi connectivity index (χ1v) is 6.74. The molecule has 0 bridgehead atoms. The van der Waals surface area contributed by atoms with E-state index in [0.29, 0.717) is 6.54 Å². The number of benzene rings is 1. The molecule has 1 aromatic carbocycles. The van der Waals surface area contributed by atoms with Crippen molar-refractivity contribution in [3.05, 3.63) is 54.4 Å². The first-order valence-electron chi connectivity index (χ1n) is 6.74. The number of nitrogens with two attached hydrogens (primary N) is 1. The van der Waals surface area contributed by atoms with Crippen LogP contribution >= 0.6 is 0 Å². The molecule has 0 radical (unpaired) electrons. The summed E-state index contributed by atoms with van der Waals surface area (Å²) in [4.78, 5) is 13.3. The summed E-state index contributed by atoms with van der Waals surface area (Å²) in [6, 6.07) is 12.0. The highest BCUT2D eigenvalue weighted by Gasteiger charge is 2.38. The summed E-state index contributed by atoms with van der Waals surface area (Å²) in [7, 11) is 0. The van der Waals surface area contributed by atoms with Gasteiger partial charge in [-0.15, -0.1) is 0 Å². The van der Waals surface area contributed by atoms with E-state index in [1.807, 2.05) is 36.4 Å². The first kappa shape index (κ1) is 17.5.